The van der Waals surface area contributed by atoms with E-state index in [4.69, 9.17) is 4.98 Å². The smallest absolute Gasteiger partial charge is 0.134 e. The Labute approximate surface area is 393 Å². The molecule has 10 aromatic rings. The van der Waals surface area contributed by atoms with Gasteiger partial charge < -0.3 is 0 Å². The number of aryl methyl sites for hydroxylation is 4. The van der Waals surface area contributed by atoms with Crippen molar-refractivity contribution in [1.29, 1.82) is 0 Å². The monoisotopic (exact) mass is 893 g/mol. The molecule has 7 heteroatoms. The van der Waals surface area contributed by atoms with Gasteiger partial charge in [0.15, 0.2) is 0 Å². The number of nitrogens with zero attached hydrogens (tertiary/aromatic N) is 3. The molecule has 3 nitrogen and oxygen atoms in total. The van der Waals surface area contributed by atoms with Crippen LogP contribution in [-0.2, 0) is 25.7 Å². The normalized spacial score (nSPS) is 11.2. The van der Waals surface area contributed by atoms with Crippen LogP contribution < -0.4 is 0 Å². The first-order chi connectivity index (χ1) is 33.3. The van der Waals surface area contributed by atoms with Crippen LogP contribution in [0.4, 0.5) is 17.6 Å². The standard InChI is InChI=1S/C61H43F4N3/c62-51-25-21-48(22-26-51)58-29-15-40(37-66-58)11-13-42-31-43(14-12-41-16-30-59(67-38-41)49-23-27-52(63)28-24-49)33-50(32-42)55-34-53(64)35-57(65)61(55)56-39-68-60(47-9-5-2-6-10-47)36-54(56)46-19-17-45(18-20-46)44-7-3-1-4-8-44/h1-10,15-39H,11-14H2. The summed E-state index contributed by atoms with van der Waals surface area (Å²) in [6.45, 7) is 0. The zero-order valence-corrected chi connectivity index (χ0v) is 36.9. The van der Waals surface area contributed by atoms with Gasteiger partial charge in [-0.15, -0.1) is 0 Å². The maximum Gasteiger partial charge on any atom is 0.134 e. The highest BCUT2D eigenvalue weighted by Gasteiger charge is 2.21. The van der Waals surface area contributed by atoms with Crippen molar-refractivity contribution in [3.8, 4) is 78.3 Å². The second kappa shape index (κ2) is 19.7. The number of hydrogen-bond acceptors (Lipinski definition) is 3. The lowest BCUT2D eigenvalue weighted by Crippen LogP contribution is -2.00. The van der Waals surface area contributed by atoms with Gasteiger partial charge in [-0.2, -0.15) is 0 Å². The highest BCUT2D eigenvalue weighted by molar-refractivity contribution is 5.93. The first kappa shape index (κ1) is 43.6. The lowest BCUT2D eigenvalue weighted by atomic mass is 9.87. The molecular weight excluding hydrogens is 851 g/mol. The molecule has 0 aliphatic carbocycles. The van der Waals surface area contributed by atoms with Crippen LogP contribution in [0.3, 0.4) is 0 Å². The van der Waals surface area contributed by atoms with Crippen LogP contribution in [0.1, 0.15) is 22.3 Å². The Hall–Kier alpha value is -8.29. The minimum Gasteiger partial charge on any atom is -0.256 e. The minimum absolute atomic E-state index is 0.255. The van der Waals surface area contributed by atoms with Gasteiger partial charge >= 0.3 is 0 Å². The van der Waals surface area contributed by atoms with Crippen LogP contribution in [0, 0.1) is 23.3 Å². The van der Waals surface area contributed by atoms with E-state index in [1.807, 2.05) is 116 Å². The molecule has 0 N–H and O–H groups in total. The summed E-state index contributed by atoms with van der Waals surface area (Å²) in [5.41, 5.74) is 14.4. The molecule has 10 rings (SSSR count). The summed E-state index contributed by atoms with van der Waals surface area (Å²) in [4.78, 5) is 14.2. The summed E-state index contributed by atoms with van der Waals surface area (Å²) < 4.78 is 59.8. The van der Waals surface area contributed by atoms with E-state index < -0.39 is 11.6 Å². The van der Waals surface area contributed by atoms with E-state index in [2.05, 4.69) is 40.3 Å². The van der Waals surface area contributed by atoms with E-state index in [0.717, 1.165) is 84.3 Å². The Balaban J connectivity index is 1.04. The summed E-state index contributed by atoms with van der Waals surface area (Å²) in [6.07, 6.45) is 7.97. The number of benzene rings is 7. The number of pyridine rings is 3. The molecule has 0 radical (unpaired) electrons. The summed E-state index contributed by atoms with van der Waals surface area (Å²) in [6, 6.07) is 59.2. The van der Waals surface area contributed by atoms with Crippen molar-refractivity contribution in [2.24, 2.45) is 0 Å². The maximum atomic E-state index is 16.9. The van der Waals surface area contributed by atoms with Gasteiger partial charge in [-0.25, -0.2) is 17.6 Å². The Bertz CT molecular complexity index is 3210. The maximum absolute atomic E-state index is 16.9. The second-order valence-corrected chi connectivity index (χ2v) is 16.9. The van der Waals surface area contributed by atoms with Gasteiger partial charge in [0.2, 0.25) is 0 Å². The van der Waals surface area contributed by atoms with Gasteiger partial charge in [0, 0.05) is 52.5 Å². The number of rotatable bonds is 13. The SMILES string of the molecule is Fc1ccc(-c2ccc(CCc3cc(CCc4ccc(-c5ccc(F)cc5)nc4)cc(-c4cc(F)cc(F)c4-c4cnc(-c5ccccc5)cc4-c4ccc(-c5ccccc5)cc4)c3)cn2)cc1. The van der Waals surface area contributed by atoms with Crippen molar-refractivity contribution in [3.05, 3.63) is 258 Å². The third-order valence-electron chi connectivity index (χ3n) is 12.3. The van der Waals surface area contributed by atoms with Crippen LogP contribution in [0.15, 0.2) is 213 Å². The van der Waals surface area contributed by atoms with Crippen LogP contribution in [-0.4, -0.2) is 15.0 Å². The van der Waals surface area contributed by atoms with Crippen LogP contribution in [0.2, 0.25) is 0 Å². The molecule has 0 saturated heterocycles. The zero-order chi connectivity index (χ0) is 46.4. The zero-order valence-electron chi connectivity index (χ0n) is 36.9. The summed E-state index contributed by atoms with van der Waals surface area (Å²) in [5.74, 6) is -1.98. The topological polar surface area (TPSA) is 38.7 Å². The van der Waals surface area contributed by atoms with E-state index in [1.54, 1.807) is 30.5 Å². The molecule has 0 saturated carbocycles. The second-order valence-electron chi connectivity index (χ2n) is 16.9. The number of halogens is 4. The van der Waals surface area contributed by atoms with Gasteiger partial charge in [-0.3, -0.25) is 15.0 Å². The third kappa shape index (κ3) is 9.93. The van der Waals surface area contributed by atoms with Crippen molar-refractivity contribution in [1.82, 2.24) is 15.0 Å². The molecule has 7 aromatic carbocycles. The van der Waals surface area contributed by atoms with Crippen molar-refractivity contribution in [2.75, 3.05) is 0 Å². The fraction of sp³-hybridized carbons (Fsp3) is 0.0656. The van der Waals surface area contributed by atoms with Gasteiger partial charge in [-0.1, -0.05) is 115 Å². The van der Waals surface area contributed by atoms with Gasteiger partial charge in [0.05, 0.1) is 17.1 Å². The quantitative estimate of drug-likeness (QED) is 0.108. The Morgan fingerprint density at radius 2 is 0.735 bits per heavy atom. The van der Waals surface area contributed by atoms with E-state index in [9.17, 15) is 8.78 Å². The van der Waals surface area contributed by atoms with Gasteiger partial charge in [0.25, 0.3) is 0 Å². The largest absolute Gasteiger partial charge is 0.256 e. The van der Waals surface area contributed by atoms with E-state index in [-0.39, 0.29) is 17.2 Å². The molecule has 0 aliphatic rings. The van der Waals surface area contributed by atoms with Crippen molar-refractivity contribution < 1.29 is 17.6 Å². The minimum atomic E-state index is -0.692. The predicted octanol–water partition coefficient (Wildman–Crippen LogP) is 15.7. The fourth-order valence-electron chi connectivity index (χ4n) is 8.72. The average molecular weight is 894 g/mol. The molecule has 68 heavy (non-hydrogen) atoms. The average Bonchev–Trinajstić information content (AvgIpc) is 3.38. The van der Waals surface area contributed by atoms with Crippen molar-refractivity contribution in [3.63, 3.8) is 0 Å². The molecule has 0 fully saturated rings. The molecule has 3 aromatic heterocycles. The number of aromatic nitrogens is 3. The van der Waals surface area contributed by atoms with Crippen LogP contribution in [0.5, 0.6) is 0 Å². The van der Waals surface area contributed by atoms with Crippen molar-refractivity contribution >= 4 is 0 Å². The van der Waals surface area contributed by atoms with Crippen molar-refractivity contribution in [2.45, 2.75) is 25.7 Å². The Morgan fingerprint density at radius 3 is 1.26 bits per heavy atom. The van der Waals surface area contributed by atoms with E-state index in [0.29, 0.717) is 42.4 Å². The molecule has 0 bridgehead atoms. The molecule has 0 atom stereocenters. The third-order valence-corrected chi connectivity index (χ3v) is 12.3. The Morgan fingerprint density at radius 1 is 0.279 bits per heavy atom. The van der Waals surface area contributed by atoms with Gasteiger partial charge in [-0.05, 0) is 154 Å². The summed E-state index contributed by atoms with van der Waals surface area (Å²) in [7, 11) is 0. The van der Waals surface area contributed by atoms with E-state index in [1.165, 1.54) is 30.3 Å². The first-order valence-corrected chi connectivity index (χ1v) is 22.6. The molecule has 0 amide bonds. The molecule has 330 valence electrons. The predicted molar refractivity (Wildman–Crippen MR) is 265 cm³/mol. The molecule has 3 heterocycles. The van der Waals surface area contributed by atoms with Crippen LogP contribution in [0.25, 0.3) is 78.3 Å². The first-order valence-electron chi connectivity index (χ1n) is 22.6. The molecule has 0 spiro atoms. The molecule has 0 unspecified atom stereocenters. The summed E-state index contributed by atoms with van der Waals surface area (Å²) in [5, 5.41) is 0. The number of hydrogen-bond donors (Lipinski definition) is 0. The van der Waals surface area contributed by atoms with E-state index >= 15 is 8.78 Å². The molecular formula is C61H43F4N3. The highest BCUT2D eigenvalue weighted by atomic mass is 19.1. The molecule has 0 aliphatic heterocycles. The fourth-order valence-corrected chi connectivity index (χ4v) is 8.72. The lowest BCUT2D eigenvalue weighted by molar-refractivity contribution is 0.586. The highest BCUT2D eigenvalue weighted by Crippen LogP contribution is 2.42. The summed E-state index contributed by atoms with van der Waals surface area (Å²) >= 11 is 0. The lowest BCUT2D eigenvalue weighted by Gasteiger charge is -2.18. The van der Waals surface area contributed by atoms with Crippen LogP contribution >= 0.6 is 0 Å². The van der Waals surface area contributed by atoms with Gasteiger partial charge in [0.1, 0.15) is 23.3 Å². The Kier molecular flexibility index (Phi) is 12.6.